The lowest BCUT2D eigenvalue weighted by Crippen LogP contribution is -2.51. The summed E-state index contributed by atoms with van der Waals surface area (Å²) >= 11 is 6.02. The smallest absolute Gasteiger partial charge is 0.192 e. The lowest BCUT2D eigenvalue weighted by atomic mass is 9.84. The summed E-state index contributed by atoms with van der Waals surface area (Å²) in [6.45, 7) is 3.94. The summed E-state index contributed by atoms with van der Waals surface area (Å²) < 4.78 is 0. The highest BCUT2D eigenvalue weighted by Crippen LogP contribution is 2.51. The molecule has 4 heteroatoms. The van der Waals surface area contributed by atoms with Crippen LogP contribution < -0.4 is 5.73 Å². The van der Waals surface area contributed by atoms with Crippen LogP contribution in [0.3, 0.4) is 0 Å². The van der Waals surface area contributed by atoms with Crippen LogP contribution in [-0.4, -0.2) is 23.9 Å². The molecule has 0 saturated heterocycles. The van der Waals surface area contributed by atoms with Crippen molar-refractivity contribution in [3.8, 4) is 0 Å². The highest BCUT2D eigenvalue weighted by Gasteiger charge is 2.53. The molecule has 3 rings (SSSR count). The first-order valence-corrected chi connectivity index (χ1v) is 7.40. The van der Waals surface area contributed by atoms with Crippen LogP contribution in [0.2, 0.25) is 5.02 Å². The average Bonchev–Trinajstić information content (AvgIpc) is 3.20. The lowest BCUT2D eigenvalue weighted by Gasteiger charge is -2.40. The van der Waals surface area contributed by atoms with Crippen LogP contribution in [0.1, 0.15) is 31.7 Å². The van der Waals surface area contributed by atoms with E-state index in [2.05, 4.69) is 28.9 Å². The first-order chi connectivity index (χ1) is 9.18. The van der Waals surface area contributed by atoms with Crippen molar-refractivity contribution in [2.24, 2.45) is 16.6 Å². The standard InChI is InChI=1S/C15H20ClN3/c1-2-9-19-14(17)18-10-15(19,11-3-4-11)12-5-7-13(16)8-6-12/h5-8,11H,2-4,9-10H2,1H3,(H2,17,18). The van der Waals surface area contributed by atoms with E-state index in [0.717, 1.165) is 24.5 Å². The summed E-state index contributed by atoms with van der Waals surface area (Å²) in [7, 11) is 0. The van der Waals surface area contributed by atoms with Gasteiger partial charge < -0.3 is 10.6 Å². The molecule has 0 spiro atoms. The Morgan fingerprint density at radius 2 is 2.05 bits per heavy atom. The van der Waals surface area contributed by atoms with Gasteiger partial charge in [0.1, 0.15) is 0 Å². The van der Waals surface area contributed by atoms with Gasteiger partial charge in [-0.25, -0.2) is 0 Å². The van der Waals surface area contributed by atoms with E-state index in [1.165, 1.54) is 18.4 Å². The summed E-state index contributed by atoms with van der Waals surface area (Å²) in [6.07, 6.45) is 3.62. The Balaban J connectivity index is 2.02. The van der Waals surface area contributed by atoms with Crippen LogP contribution in [0.5, 0.6) is 0 Å². The lowest BCUT2D eigenvalue weighted by molar-refractivity contribution is 0.170. The highest BCUT2D eigenvalue weighted by atomic mass is 35.5. The Morgan fingerprint density at radius 3 is 2.63 bits per heavy atom. The fourth-order valence-electron chi connectivity index (χ4n) is 3.25. The summed E-state index contributed by atoms with van der Waals surface area (Å²) in [4.78, 5) is 6.85. The normalized spacial score (nSPS) is 26.6. The quantitative estimate of drug-likeness (QED) is 0.919. The van der Waals surface area contributed by atoms with E-state index >= 15 is 0 Å². The Kier molecular flexibility index (Phi) is 3.17. The minimum Gasteiger partial charge on any atom is -0.370 e. The third kappa shape index (κ3) is 2.00. The molecular formula is C15H20ClN3. The maximum absolute atomic E-state index is 6.12. The molecule has 3 nitrogen and oxygen atoms in total. The zero-order valence-corrected chi connectivity index (χ0v) is 12.0. The van der Waals surface area contributed by atoms with Gasteiger partial charge in [-0.1, -0.05) is 30.7 Å². The zero-order chi connectivity index (χ0) is 13.5. The predicted octanol–water partition coefficient (Wildman–Crippen LogP) is 2.99. The SMILES string of the molecule is CCCN1C(N)=NCC1(c1ccc(Cl)cc1)C1CC1. The number of hydrogen-bond acceptors (Lipinski definition) is 3. The Bertz CT molecular complexity index is 493. The number of nitrogens with zero attached hydrogens (tertiary/aromatic N) is 2. The Labute approximate surface area is 119 Å². The molecule has 2 aliphatic rings. The van der Waals surface area contributed by atoms with E-state index in [1.54, 1.807) is 0 Å². The maximum atomic E-state index is 6.12. The molecule has 0 radical (unpaired) electrons. The number of aliphatic imine (C=N–C) groups is 1. The Hall–Kier alpha value is -1.22. The molecule has 1 aromatic rings. The second-order valence-electron chi connectivity index (χ2n) is 5.53. The van der Waals surface area contributed by atoms with Crippen molar-refractivity contribution >= 4 is 17.6 Å². The number of guanidine groups is 1. The van der Waals surface area contributed by atoms with Crippen molar-refractivity contribution in [3.63, 3.8) is 0 Å². The van der Waals surface area contributed by atoms with Crippen molar-refractivity contribution in [2.45, 2.75) is 31.7 Å². The molecule has 0 aromatic heterocycles. The highest BCUT2D eigenvalue weighted by molar-refractivity contribution is 6.30. The van der Waals surface area contributed by atoms with Crippen LogP contribution in [0.25, 0.3) is 0 Å². The third-order valence-electron chi connectivity index (χ3n) is 4.28. The average molecular weight is 278 g/mol. The van der Waals surface area contributed by atoms with Gasteiger partial charge in [0.2, 0.25) is 0 Å². The molecule has 1 fully saturated rings. The molecule has 0 amide bonds. The molecule has 1 saturated carbocycles. The van der Waals surface area contributed by atoms with E-state index in [-0.39, 0.29) is 5.54 Å². The number of rotatable bonds is 4. The second-order valence-corrected chi connectivity index (χ2v) is 5.97. The molecule has 102 valence electrons. The fourth-order valence-corrected chi connectivity index (χ4v) is 3.37. The molecule has 1 atom stereocenters. The summed E-state index contributed by atoms with van der Waals surface area (Å²) in [5.74, 6) is 1.37. The summed E-state index contributed by atoms with van der Waals surface area (Å²) in [5.41, 5.74) is 7.40. The minimum atomic E-state index is -0.0231. The van der Waals surface area contributed by atoms with E-state index in [1.807, 2.05) is 12.1 Å². The van der Waals surface area contributed by atoms with Gasteiger partial charge in [0, 0.05) is 11.6 Å². The van der Waals surface area contributed by atoms with Gasteiger partial charge in [0.15, 0.2) is 5.96 Å². The third-order valence-corrected chi connectivity index (χ3v) is 4.54. The van der Waals surface area contributed by atoms with Crippen molar-refractivity contribution < 1.29 is 0 Å². The molecule has 1 aliphatic heterocycles. The molecule has 2 N–H and O–H groups in total. The Morgan fingerprint density at radius 1 is 1.37 bits per heavy atom. The monoisotopic (exact) mass is 277 g/mol. The van der Waals surface area contributed by atoms with Gasteiger partial charge in [0.05, 0.1) is 12.1 Å². The van der Waals surface area contributed by atoms with Gasteiger partial charge >= 0.3 is 0 Å². The topological polar surface area (TPSA) is 41.6 Å². The van der Waals surface area contributed by atoms with Gasteiger partial charge in [-0.15, -0.1) is 0 Å². The molecular weight excluding hydrogens is 258 g/mol. The van der Waals surface area contributed by atoms with Crippen LogP contribution in [0, 0.1) is 5.92 Å². The molecule has 1 unspecified atom stereocenters. The predicted molar refractivity (Wildman–Crippen MR) is 79.3 cm³/mol. The number of nitrogens with two attached hydrogens (primary N) is 1. The van der Waals surface area contributed by atoms with Crippen LogP contribution in [0.15, 0.2) is 29.3 Å². The largest absolute Gasteiger partial charge is 0.370 e. The van der Waals surface area contributed by atoms with Crippen LogP contribution in [-0.2, 0) is 5.54 Å². The maximum Gasteiger partial charge on any atom is 0.192 e. The molecule has 19 heavy (non-hydrogen) atoms. The second kappa shape index (κ2) is 4.71. The van der Waals surface area contributed by atoms with Crippen molar-refractivity contribution in [2.75, 3.05) is 13.1 Å². The number of halogens is 1. The number of hydrogen-bond donors (Lipinski definition) is 1. The number of benzene rings is 1. The van der Waals surface area contributed by atoms with Crippen molar-refractivity contribution in [1.82, 2.24) is 4.90 Å². The molecule has 0 bridgehead atoms. The van der Waals surface area contributed by atoms with Crippen molar-refractivity contribution in [1.29, 1.82) is 0 Å². The van der Waals surface area contributed by atoms with E-state index in [9.17, 15) is 0 Å². The van der Waals surface area contributed by atoms with Crippen molar-refractivity contribution in [3.05, 3.63) is 34.9 Å². The van der Waals surface area contributed by atoms with Gasteiger partial charge in [0.25, 0.3) is 0 Å². The van der Waals surface area contributed by atoms with Crippen LogP contribution >= 0.6 is 11.6 Å². The van der Waals surface area contributed by atoms with E-state index < -0.39 is 0 Å². The molecule has 1 aliphatic carbocycles. The van der Waals surface area contributed by atoms with E-state index in [0.29, 0.717) is 11.9 Å². The van der Waals surface area contributed by atoms with Crippen LogP contribution in [0.4, 0.5) is 0 Å². The first-order valence-electron chi connectivity index (χ1n) is 7.02. The van der Waals surface area contributed by atoms with E-state index in [4.69, 9.17) is 17.3 Å². The van der Waals surface area contributed by atoms with Gasteiger partial charge in [-0.2, -0.15) is 0 Å². The summed E-state index contributed by atoms with van der Waals surface area (Å²) in [5, 5.41) is 0.781. The molecule has 1 heterocycles. The molecule has 1 aromatic carbocycles. The summed E-state index contributed by atoms with van der Waals surface area (Å²) in [6, 6.07) is 8.22. The minimum absolute atomic E-state index is 0.0231. The van der Waals surface area contributed by atoms with Gasteiger partial charge in [-0.05, 0) is 42.9 Å². The fraction of sp³-hybridized carbons (Fsp3) is 0.533. The zero-order valence-electron chi connectivity index (χ0n) is 11.3. The first kappa shape index (κ1) is 12.8. The van der Waals surface area contributed by atoms with Gasteiger partial charge in [-0.3, -0.25) is 4.99 Å².